The molecule has 0 aliphatic carbocycles. The van der Waals surface area contributed by atoms with Gasteiger partial charge in [0.2, 0.25) is 0 Å². The van der Waals surface area contributed by atoms with Gasteiger partial charge in [0, 0.05) is 18.2 Å². The van der Waals surface area contributed by atoms with E-state index in [1.807, 2.05) is 20.1 Å². The highest BCUT2D eigenvalue weighted by molar-refractivity contribution is 7.98. The lowest BCUT2D eigenvalue weighted by atomic mass is 10.2. The largest absolute Gasteiger partial charge is 0.463 e. The highest BCUT2D eigenvalue weighted by Gasteiger charge is 2.09. The van der Waals surface area contributed by atoms with Gasteiger partial charge in [-0.15, -0.1) is 0 Å². The summed E-state index contributed by atoms with van der Waals surface area (Å²) in [6, 6.07) is 0. The van der Waals surface area contributed by atoms with Gasteiger partial charge < -0.3 is 10.1 Å². The van der Waals surface area contributed by atoms with Gasteiger partial charge in [-0.1, -0.05) is 11.8 Å². The van der Waals surface area contributed by atoms with Crippen LogP contribution >= 0.6 is 11.8 Å². The summed E-state index contributed by atoms with van der Waals surface area (Å²) in [6.45, 7) is 6.79. The van der Waals surface area contributed by atoms with Crippen LogP contribution in [-0.2, 0) is 9.53 Å². The van der Waals surface area contributed by atoms with Crippen molar-refractivity contribution < 1.29 is 9.53 Å². The van der Waals surface area contributed by atoms with E-state index in [0.29, 0.717) is 11.8 Å². The third kappa shape index (κ3) is 4.55. The summed E-state index contributed by atoms with van der Waals surface area (Å²) >= 11 is 1.49. The number of aromatic nitrogens is 2. The Hall–Kier alpha value is -1.56. The summed E-state index contributed by atoms with van der Waals surface area (Å²) in [5, 5.41) is 3.89. The Kier molecular flexibility index (Phi) is 6.35. The van der Waals surface area contributed by atoms with Crippen LogP contribution in [0.4, 0.5) is 5.82 Å². The van der Waals surface area contributed by atoms with Crippen molar-refractivity contribution in [2.75, 3.05) is 24.7 Å². The highest BCUT2D eigenvalue weighted by Crippen LogP contribution is 2.21. The van der Waals surface area contributed by atoms with Crippen LogP contribution in [0.15, 0.2) is 11.2 Å². The zero-order chi connectivity index (χ0) is 14.3. The van der Waals surface area contributed by atoms with Gasteiger partial charge >= 0.3 is 5.97 Å². The second-order valence-electron chi connectivity index (χ2n) is 3.67. The minimum Gasteiger partial charge on any atom is -0.463 e. The lowest BCUT2D eigenvalue weighted by molar-refractivity contribution is -0.137. The summed E-state index contributed by atoms with van der Waals surface area (Å²) < 4.78 is 4.86. The third-order valence-electron chi connectivity index (χ3n) is 2.32. The number of rotatable bonds is 6. The van der Waals surface area contributed by atoms with Crippen LogP contribution in [-0.4, -0.2) is 35.3 Å². The Morgan fingerprint density at radius 1 is 1.42 bits per heavy atom. The number of hydrogen-bond acceptors (Lipinski definition) is 6. The zero-order valence-corrected chi connectivity index (χ0v) is 12.5. The van der Waals surface area contributed by atoms with Crippen molar-refractivity contribution in [2.45, 2.75) is 25.9 Å². The van der Waals surface area contributed by atoms with Crippen molar-refractivity contribution in [2.24, 2.45) is 0 Å². The summed E-state index contributed by atoms with van der Waals surface area (Å²) in [5.74, 6) is 0.373. The van der Waals surface area contributed by atoms with Gasteiger partial charge in [0.15, 0.2) is 5.16 Å². The molecule has 6 heteroatoms. The number of nitrogens with one attached hydrogen (secondary N) is 1. The minimum absolute atomic E-state index is 0.363. The molecule has 0 fully saturated rings. The van der Waals surface area contributed by atoms with E-state index in [1.165, 1.54) is 17.8 Å². The van der Waals surface area contributed by atoms with E-state index < -0.39 is 0 Å². The second-order valence-corrected chi connectivity index (χ2v) is 4.45. The molecular weight excluding hydrogens is 262 g/mol. The van der Waals surface area contributed by atoms with E-state index in [-0.39, 0.29) is 5.97 Å². The first-order valence-corrected chi connectivity index (χ1v) is 7.36. The molecule has 0 spiro atoms. The molecule has 1 aromatic heterocycles. The van der Waals surface area contributed by atoms with Crippen LogP contribution in [0.25, 0.3) is 6.08 Å². The minimum atomic E-state index is -0.363. The number of thioether (sulfide) groups is 1. The summed E-state index contributed by atoms with van der Waals surface area (Å²) in [7, 11) is 0. The molecule has 0 saturated heterocycles. The zero-order valence-electron chi connectivity index (χ0n) is 11.7. The molecule has 5 nitrogen and oxygen atoms in total. The topological polar surface area (TPSA) is 64.1 Å². The Balaban J connectivity index is 3.07. The maximum absolute atomic E-state index is 11.3. The fourth-order valence-electron chi connectivity index (χ4n) is 1.49. The van der Waals surface area contributed by atoms with Crippen LogP contribution in [0.3, 0.4) is 0 Å². The normalized spacial score (nSPS) is 10.7. The van der Waals surface area contributed by atoms with Gasteiger partial charge in [-0.25, -0.2) is 14.8 Å². The van der Waals surface area contributed by atoms with Crippen LogP contribution in [0, 0.1) is 6.92 Å². The molecule has 0 unspecified atom stereocenters. The van der Waals surface area contributed by atoms with Crippen molar-refractivity contribution in [3.8, 4) is 0 Å². The average molecular weight is 281 g/mol. The quantitative estimate of drug-likeness (QED) is 0.374. The number of carbonyl (C=O) groups excluding carboxylic acids is 1. The molecule has 0 aliphatic rings. The molecule has 1 rings (SSSR count). The molecule has 0 saturated carbocycles. The first kappa shape index (κ1) is 15.5. The number of esters is 1. The Morgan fingerprint density at radius 2 is 2.16 bits per heavy atom. The third-order valence-corrected chi connectivity index (χ3v) is 2.86. The summed E-state index contributed by atoms with van der Waals surface area (Å²) in [5.41, 5.74) is 1.64. The molecule has 0 aliphatic heterocycles. The Morgan fingerprint density at radius 3 is 2.74 bits per heavy atom. The molecule has 0 amide bonds. The maximum atomic E-state index is 11.3. The van der Waals surface area contributed by atoms with Crippen LogP contribution in [0.5, 0.6) is 0 Å². The van der Waals surface area contributed by atoms with E-state index in [1.54, 1.807) is 13.0 Å². The molecule has 1 aromatic rings. The van der Waals surface area contributed by atoms with Gasteiger partial charge in [0.05, 0.1) is 12.3 Å². The van der Waals surface area contributed by atoms with Gasteiger partial charge in [-0.3, -0.25) is 0 Å². The number of hydrogen-bond donors (Lipinski definition) is 1. The fraction of sp³-hybridized carbons (Fsp3) is 0.462. The van der Waals surface area contributed by atoms with Crippen LogP contribution < -0.4 is 5.32 Å². The predicted molar refractivity (Wildman–Crippen MR) is 78.4 cm³/mol. The second kappa shape index (κ2) is 7.78. The van der Waals surface area contributed by atoms with Crippen molar-refractivity contribution in [3.63, 3.8) is 0 Å². The van der Waals surface area contributed by atoms with E-state index in [0.717, 1.165) is 23.6 Å². The maximum Gasteiger partial charge on any atom is 0.330 e. The first-order chi connectivity index (χ1) is 9.12. The molecular formula is C13H19N3O2S. The van der Waals surface area contributed by atoms with Crippen molar-refractivity contribution in [1.82, 2.24) is 9.97 Å². The molecule has 0 atom stereocenters. The lowest BCUT2D eigenvalue weighted by Crippen LogP contribution is -2.06. The molecule has 1 heterocycles. The molecule has 1 N–H and O–H groups in total. The number of nitrogens with zero attached hydrogens (tertiary/aromatic N) is 2. The van der Waals surface area contributed by atoms with Crippen molar-refractivity contribution in [3.05, 3.63) is 17.3 Å². The molecule has 19 heavy (non-hydrogen) atoms. The first-order valence-electron chi connectivity index (χ1n) is 6.13. The van der Waals surface area contributed by atoms with Gasteiger partial charge in [0.25, 0.3) is 0 Å². The molecule has 0 radical (unpaired) electrons. The number of anilines is 1. The van der Waals surface area contributed by atoms with Gasteiger partial charge in [0.1, 0.15) is 5.82 Å². The standard InChI is InChI=1S/C13H19N3O2S/c1-5-14-12-10(7-8-11(17)18-6-2)9(3)15-13(16-12)19-4/h7-8H,5-6H2,1-4H3,(H,14,15,16). The van der Waals surface area contributed by atoms with E-state index in [4.69, 9.17) is 4.74 Å². The van der Waals surface area contributed by atoms with E-state index in [9.17, 15) is 4.79 Å². The number of aryl methyl sites for hydroxylation is 1. The Labute approximate surface area is 117 Å². The Bertz CT molecular complexity index is 475. The number of ether oxygens (including phenoxy) is 1. The van der Waals surface area contributed by atoms with Crippen molar-refractivity contribution >= 4 is 29.6 Å². The fourth-order valence-corrected chi connectivity index (χ4v) is 1.90. The lowest BCUT2D eigenvalue weighted by Gasteiger charge is -2.10. The van der Waals surface area contributed by atoms with Crippen molar-refractivity contribution in [1.29, 1.82) is 0 Å². The van der Waals surface area contributed by atoms with E-state index >= 15 is 0 Å². The van der Waals surface area contributed by atoms with E-state index in [2.05, 4.69) is 15.3 Å². The SMILES string of the molecule is CCNc1nc(SC)nc(C)c1C=CC(=O)OCC. The highest BCUT2D eigenvalue weighted by atomic mass is 32.2. The smallest absolute Gasteiger partial charge is 0.330 e. The average Bonchev–Trinajstić information content (AvgIpc) is 2.38. The van der Waals surface area contributed by atoms with Gasteiger partial charge in [-0.05, 0) is 33.1 Å². The molecule has 104 valence electrons. The van der Waals surface area contributed by atoms with Crippen LogP contribution in [0.1, 0.15) is 25.1 Å². The predicted octanol–water partition coefficient (Wildman–Crippen LogP) is 2.52. The molecule has 0 bridgehead atoms. The monoisotopic (exact) mass is 281 g/mol. The van der Waals surface area contributed by atoms with Crippen LogP contribution in [0.2, 0.25) is 0 Å². The summed E-state index contributed by atoms with van der Waals surface area (Å²) in [4.78, 5) is 20.1. The summed E-state index contributed by atoms with van der Waals surface area (Å²) in [6.07, 6.45) is 5.02. The molecule has 0 aromatic carbocycles. The van der Waals surface area contributed by atoms with Gasteiger partial charge in [-0.2, -0.15) is 0 Å². The number of carbonyl (C=O) groups is 1.